The minimum atomic E-state index is 0.582. The van der Waals surface area contributed by atoms with Gasteiger partial charge in [0.05, 0.1) is 15.9 Å². The van der Waals surface area contributed by atoms with Crippen LogP contribution in [0.5, 0.6) is 0 Å². The summed E-state index contributed by atoms with van der Waals surface area (Å²) in [5.41, 5.74) is 0.831. The van der Waals surface area contributed by atoms with Crippen molar-refractivity contribution in [1.29, 1.82) is 0 Å². The van der Waals surface area contributed by atoms with E-state index in [-0.39, 0.29) is 0 Å². The van der Waals surface area contributed by atoms with Crippen molar-refractivity contribution < 1.29 is 0 Å². The lowest BCUT2D eigenvalue weighted by Gasteiger charge is -1.96. The topological polar surface area (TPSA) is 17.8 Å². The maximum Gasteiger partial charge on any atom is 0.136 e. The Labute approximate surface area is 99.0 Å². The number of hydrogen-bond donors (Lipinski definition) is 0. The molecule has 0 fully saturated rings. The Bertz CT molecular complexity index is 478. The lowest BCUT2D eigenvalue weighted by atomic mass is 10.2. The van der Waals surface area contributed by atoms with E-state index in [1.54, 1.807) is 11.7 Å². The molecule has 0 aliphatic rings. The Kier molecular flexibility index (Phi) is 2.42. The van der Waals surface area contributed by atoms with Gasteiger partial charge < -0.3 is 0 Å². The molecule has 2 aromatic rings. The Morgan fingerprint density at radius 2 is 2.08 bits per heavy atom. The van der Waals surface area contributed by atoms with E-state index >= 15 is 0 Å². The molecule has 1 aromatic heterocycles. The van der Waals surface area contributed by atoms with Crippen LogP contribution in [-0.2, 0) is 7.05 Å². The number of fused-ring (bicyclic) bond motifs is 1. The number of halogens is 3. The second kappa shape index (κ2) is 3.29. The summed E-state index contributed by atoms with van der Waals surface area (Å²) in [4.78, 5) is 0. The molecular weight excluding hydrogens is 322 g/mol. The first kappa shape index (κ1) is 9.55. The zero-order valence-corrected chi connectivity index (χ0v) is 10.4. The minimum Gasteiger partial charge on any atom is -0.256 e. The zero-order valence-electron chi connectivity index (χ0n) is 6.68. The Balaban J connectivity index is 2.97. The third-order valence-corrected chi connectivity index (χ3v) is 3.86. The van der Waals surface area contributed by atoms with Gasteiger partial charge in [0.2, 0.25) is 0 Å². The first-order valence-corrected chi connectivity index (χ1v) is 5.41. The summed E-state index contributed by atoms with van der Waals surface area (Å²) in [6.07, 6.45) is 0. The maximum atomic E-state index is 6.10. The van der Waals surface area contributed by atoms with Gasteiger partial charge in [-0.05, 0) is 34.7 Å². The molecule has 0 unspecified atom stereocenters. The molecule has 0 aliphatic carbocycles. The highest BCUT2D eigenvalue weighted by atomic mass is 127. The van der Waals surface area contributed by atoms with E-state index in [9.17, 15) is 0 Å². The highest BCUT2D eigenvalue weighted by molar-refractivity contribution is 14.1. The smallest absolute Gasteiger partial charge is 0.136 e. The van der Waals surface area contributed by atoms with Gasteiger partial charge in [0.15, 0.2) is 0 Å². The van der Waals surface area contributed by atoms with Crippen molar-refractivity contribution in [2.45, 2.75) is 0 Å². The van der Waals surface area contributed by atoms with Crippen molar-refractivity contribution in [2.75, 3.05) is 0 Å². The van der Waals surface area contributed by atoms with Crippen LogP contribution in [0.1, 0.15) is 0 Å². The van der Waals surface area contributed by atoms with Crippen molar-refractivity contribution in [3.63, 3.8) is 0 Å². The number of nitrogens with zero attached hydrogens (tertiary/aromatic N) is 2. The van der Waals surface area contributed by atoms with Crippen molar-refractivity contribution in [3.05, 3.63) is 25.9 Å². The zero-order chi connectivity index (χ0) is 9.59. The van der Waals surface area contributed by atoms with Crippen LogP contribution in [0.15, 0.2) is 12.1 Å². The van der Waals surface area contributed by atoms with E-state index in [1.807, 2.05) is 12.1 Å². The molecule has 0 saturated carbocycles. The van der Waals surface area contributed by atoms with Crippen LogP contribution in [-0.4, -0.2) is 9.78 Å². The summed E-state index contributed by atoms with van der Waals surface area (Å²) in [7, 11) is 1.80. The number of aryl methyl sites for hydroxylation is 1. The van der Waals surface area contributed by atoms with E-state index in [0.717, 1.165) is 14.5 Å². The van der Waals surface area contributed by atoms with Crippen molar-refractivity contribution in [2.24, 2.45) is 7.05 Å². The quantitative estimate of drug-likeness (QED) is 0.678. The molecule has 0 saturated heterocycles. The normalized spacial score (nSPS) is 11.1. The summed E-state index contributed by atoms with van der Waals surface area (Å²) in [5, 5.41) is 6.30. The standard InChI is InChI=1S/C8H5Cl2IN2/c1-13-8(10)6-5(12-13)3-2-4(11)7(6)9/h2-3H,1H3. The first-order valence-electron chi connectivity index (χ1n) is 3.57. The van der Waals surface area contributed by atoms with Crippen LogP contribution >= 0.6 is 45.8 Å². The number of rotatable bonds is 0. The number of benzene rings is 1. The van der Waals surface area contributed by atoms with Gasteiger partial charge in [-0.3, -0.25) is 4.68 Å². The highest BCUT2D eigenvalue weighted by Gasteiger charge is 2.11. The molecule has 0 aliphatic heterocycles. The molecule has 0 amide bonds. The second-order valence-electron chi connectivity index (χ2n) is 2.67. The number of aromatic nitrogens is 2. The summed E-state index contributed by atoms with van der Waals surface area (Å²) in [6.45, 7) is 0. The van der Waals surface area contributed by atoms with Gasteiger partial charge in [0.1, 0.15) is 5.15 Å². The SMILES string of the molecule is Cn1nc2ccc(I)c(Cl)c2c1Cl. The van der Waals surface area contributed by atoms with Crippen LogP contribution in [0.25, 0.3) is 10.9 Å². The van der Waals surface area contributed by atoms with E-state index in [0.29, 0.717) is 10.2 Å². The summed E-state index contributed by atoms with van der Waals surface area (Å²) < 4.78 is 2.61. The molecule has 0 N–H and O–H groups in total. The molecule has 0 radical (unpaired) electrons. The highest BCUT2D eigenvalue weighted by Crippen LogP contribution is 2.32. The van der Waals surface area contributed by atoms with Gasteiger partial charge in [-0.1, -0.05) is 23.2 Å². The first-order chi connectivity index (χ1) is 6.11. The maximum absolute atomic E-state index is 6.10. The molecule has 5 heteroatoms. The molecule has 0 bridgehead atoms. The van der Waals surface area contributed by atoms with Gasteiger partial charge in [-0.2, -0.15) is 5.10 Å². The van der Waals surface area contributed by atoms with Gasteiger partial charge in [0, 0.05) is 10.6 Å². The van der Waals surface area contributed by atoms with Crippen LogP contribution < -0.4 is 0 Å². The van der Waals surface area contributed by atoms with Crippen LogP contribution in [0.3, 0.4) is 0 Å². The minimum absolute atomic E-state index is 0.582. The van der Waals surface area contributed by atoms with E-state index < -0.39 is 0 Å². The molecule has 0 spiro atoms. The average molecular weight is 327 g/mol. The molecule has 1 heterocycles. The monoisotopic (exact) mass is 326 g/mol. The summed E-state index contributed by atoms with van der Waals surface area (Å²) in [6, 6.07) is 3.84. The van der Waals surface area contributed by atoms with E-state index in [4.69, 9.17) is 23.2 Å². The van der Waals surface area contributed by atoms with E-state index in [1.165, 1.54) is 0 Å². The molecule has 2 nitrogen and oxygen atoms in total. The molecular formula is C8H5Cl2IN2. The van der Waals surface area contributed by atoms with Crippen molar-refractivity contribution in [1.82, 2.24) is 9.78 Å². The van der Waals surface area contributed by atoms with Gasteiger partial charge in [0.25, 0.3) is 0 Å². The Morgan fingerprint density at radius 1 is 1.38 bits per heavy atom. The van der Waals surface area contributed by atoms with Crippen LogP contribution in [0.2, 0.25) is 10.2 Å². The lowest BCUT2D eigenvalue weighted by molar-refractivity contribution is 0.780. The molecule has 1 aromatic carbocycles. The van der Waals surface area contributed by atoms with Crippen LogP contribution in [0.4, 0.5) is 0 Å². The lowest BCUT2D eigenvalue weighted by Crippen LogP contribution is -1.87. The molecule has 0 atom stereocenters. The fourth-order valence-electron chi connectivity index (χ4n) is 1.19. The number of hydrogen-bond acceptors (Lipinski definition) is 1. The van der Waals surface area contributed by atoms with Crippen molar-refractivity contribution in [3.8, 4) is 0 Å². The summed E-state index contributed by atoms with van der Waals surface area (Å²) in [5.74, 6) is 0. The second-order valence-corrected chi connectivity index (χ2v) is 4.57. The van der Waals surface area contributed by atoms with E-state index in [2.05, 4.69) is 27.7 Å². The molecule has 2 rings (SSSR count). The predicted molar refractivity (Wildman–Crippen MR) is 63.5 cm³/mol. The molecule has 68 valence electrons. The van der Waals surface area contributed by atoms with Gasteiger partial charge in [-0.15, -0.1) is 0 Å². The van der Waals surface area contributed by atoms with Crippen molar-refractivity contribution >= 4 is 56.7 Å². The Hall–Kier alpha value is -0.000000000000000111. The van der Waals surface area contributed by atoms with Gasteiger partial charge >= 0.3 is 0 Å². The third kappa shape index (κ3) is 1.43. The molecule has 13 heavy (non-hydrogen) atoms. The Morgan fingerprint density at radius 3 is 2.77 bits per heavy atom. The third-order valence-electron chi connectivity index (χ3n) is 1.82. The largest absolute Gasteiger partial charge is 0.256 e. The van der Waals surface area contributed by atoms with Gasteiger partial charge in [-0.25, -0.2) is 0 Å². The predicted octanol–water partition coefficient (Wildman–Crippen LogP) is 3.48. The summed E-state index contributed by atoms with van der Waals surface area (Å²) >= 11 is 14.3. The average Bonchev–Trinajstić information content (AvgIpc) is 2.37. The fourth-order valence-corrected chi connectivity index (χ4v) is 2.16. The fraction of sp³-hybridized carbons (Fsp3) is 0.125. The van der Waals surface area contributed by atoms with Crippen LogP contribution in [0, 0.1) is 3.57 Å².